The monoisotopic (exact) mass is 371 g/mol. The third-order valence-electron chi connectivity index (χ3n) is 4.51. The smallest absolute Gasteiger partial charge is 0.221 e. The molecular weight excluding hydrogens is 354 g/mol. The van der Waals surface area contributed by atoms with Crippen LogP contribution in [0.5, 0.6) is 5.88 Å². The number of halogens is 1. The lowest BCUT2D eigenvalue weighted by molar-refractivity contribution is 0.406. The summed E-state index contributed by atoms with van der Waals surface area (Å²) in [5.74, 6) is 2.22. The van der Waals surface area contributed by atoms with E-state index in [2.05, 4.69) is 28.4 Å². The second kappa shape index (κ2) is 6.39. The van der Waals surface area contributed by atoms with E-state index in [0.717, 1.165) is 39.2 Å². The van der Waals surface area contributed by atoms with Crippen molar-refractivity contribution in [1.29, 1.82) is 0 Å². The molecule has 1 aromatic heterocycles. The van der Waals surface area contributed by atoms with Crippen molar-refractivity contribution in [3.05, 3.63) is 52.5 Å². The molecule has 0 atom stereocenters. The molecule has 1 fully saturated rings. The van der Waals surface area contributed by atoms with E-state index in [1.54, 1.807) is 6.07 Å². The summed E-state index contributed by atoms with van der Waals surface area (Å²) in [6.07, 6.45) is 0. The highest BCUT2D eigenvalue weighted by atomic mass is 35.5. The quantitative estimate of drug-likeness (QED) is 0.547. The number of aromatic nitrogens is 1. The van der Waals surface area contributed by atoms with Crippen LogP contribution in [-0.4, -0.2) is 21.2 Å². The minimum Gasteiger partial charge on any atom is -0.493 e. The fraction of sp³-hybridized carbons (Fsp3) is 0.263. The van der Waals surface area contributed by atoms with Crippen LogP contribution in [0.3, 0.4) is 0 Å². The van der Waals surface area contributed by atoms with E-state index in [1.165, 1.54) is 0 Å². The topological polar surface area (TPSA) is 49.9 Å². The summed E-state index contributed by atoms with van der Waals surface area (Å²) in [7, 11) is 0. The average Bonchev–Trinajstić information content (AvgIpc) is 2.77. The summed E-state index contributed by atoms with van der Waals surface area (Å²) in [4.78, 5) is 0. The van der Waals surface area contributed by atoms with Gasteiger partial charge in [-0.3, -0.25) is 0 Å². The molecule has 0 radical (unpaired) electrons. The standard InChI is InChI=1S/C19H18ClN3OS/c1-11-3-6-17-15(7-11)18(19(24)23(17)14-9-25-10-14)22-21-16-5-4-13(20)8-12(16)2/h3-8,14,24H,9-10H2,1-2H3. The summed E-state index contributed by atoms with van der Waals surface area (Å²) in [6.45, 7) is 3.98. The molecular formula is C19H18ClN3OS. The predicted octanol–water partition coefficient (Wildman–Crippen LogP) is 6.32. The molecule has 1 N–H and O–H groups in total. The van der Waals surface area contributed by atoms with Gasteiger partial charge in [0.25, 0.3) is 0 Å². The van der Waals surface area contributed by atoms with Gasteiger partial charge in [0.05, 0.1) is 17.2 Å². The first-order valence-corrected chi connectivity index (χ1v) is 9.67. The van der Waals surface area contributed by atoms with Crippen molar-refractivity contribution in [2.24, 2.45) is 10.2 Å². The highest BCUT2D eigenvalue weighted by molar-refractivity contribution is 8.00. The Morgan fingerprint density at radius 1 is 1.12 bits per heavy atom. The number of aryl methyl sites for hydroxylation is 2. The lowest BCUT2D eigenvalue weighted by atomic mass is 10.1. The van der Waals surface area contributed by atoms with Gasteiger partial charge < -0.3 is 9.67 Å². The summed E-state index contributed by atoms with van der Waals surface area (Å²) >= 11 is 7.88. The number of hydrogen-bond donors (Lipinski definition) is 1. The highest BCUT2D eigenvalue weighted by Crippen LogP contribution is 2.45. The van der Waals surface area contributed by atoms with Crippen molar-refractivity contribution < 1.29 is 5.11 Å². The second-order valence-electron chi connectivity index (χ2n) is 6.38. The molecule has 4 nitrogen and oxygen atoms in total. The number of hydrogen-bond acceptors (Lipinski definition) is 4. The molecule has 0 unspecified atom stereocenters. The molecule has 1 aliphatic rings. The summed E-state index contributed by atoms with van der Waals surface area (Å²) in [6, 6.07) is 12.0. The van der Waals surface area contributed by atoms with E-state index in [9.17, 15) is 5.11 Å². The molecule has 0 saturated carbocycles. The molecule has 128 valence electrons. The van der Waals surface area contributed by atoms with E-state index in [4.69, 9.17) is 11.6 Å². The van der Waals surface area contributed by atoms with E-state index < -0.39 is 0 Å². The predicted molar refractivity (Wildman–Crippen MR) is 105 cm³/mol. The van der Waals surface area contributed by atoms with Crippen molar-refractivity contribution in [3.63, 3.8) is 0 Å². The van der Waals surface area contributed by atoms with Crippen LogP contribution in [0.25, 0.3) is 10.9 Å². The maximum Gasteiger partial charge on any atom is 0.221 e. The Labute approximate surface area is 155 Å². The molecule has 3 aromatic rings. The molecule has 25 heavy (non-hydrogen) atoms. The van der Waals surface area contributed by atoms with Crippen LogP contribution in [0, 0.1) is 13.8 Å². The first-order valence-electron chi connectivity index (χ1n) is 8.14. The normalized spacial score (nSPS) is 15.2. The second-order valence-corrected chi connectivity index (χ2v) is 7.90. The maximum atomic E-state index is 10.8. The van der Waals surface area contributed by atoms with Gasteiger partial charge >= 0.3 is 0 Å². The first-order chi connectivity index (χ1) is 12.0. The number of benzene rings is 2. The summed E-state index contributed by atoms with van der Waals surface area (Å²) in [5, 5.41) is 21.2. The third kappa shape index (κ3) is 2.92. The Balaban J connectivity index is 1.84. The largest absolute Gasteiger partial charge is 0.493 e. The van der Waals surface area contributed by atoms with Crippen LogP contribution >= 0.6 is 23.4 Å². The van der Waals surface area contributed by atoms with Gasteiger partial charge in [-0.15, -0.1) is 5.11 Å². The number of nitrogens with zero attached hydrogens (tertiary/aromatic N) is 3. The number of aromatic hydroxyl groups is 1. The van der Waals surface area contributed by atoms with Gasteiger partial charge in [0.15, 0.2) is 5.69 Å². The maximum absolute atomic E-state index is 10.8. The Hall–Kier alpha value is -1.98. The van der Waals surface area contributed by atoms with Crippen LogP contribution in [0.2, 0.25) is 5.02 Å². The SMILES string of the molecule is Cc1ccc2c(c1)c(N=Nc1ccc(Cl)cc1C)c(O)n2C1CSC1. The minimum atomic E-state index is 0.196. The van der Waals surface area contributed by atoms with Crippen molar-refractivity contribution in [3.8, 4) is 5.88 Å². The number of fused-ring (bicyclic) bond motifs is 1. The minimum absolute atomic E-state index is 0.196. The zero-order valence-corrected chi connectivity index (χ0v) is 15.6. The number of thioether (sulfide) groups is 1. The lowest BCUT2D eigenvalue weighted by Crippen LogP contribution is -2.22. The zero-order valence-electron chi connectivity index (χ0n) is 14.0. The Bertz CT molecular complexity index is 992. The molecule has 1 saturated heterocycles. The molecule has 4 rings (SSSR count). The molecule has 1 aliphatic heterocycles. The van der Waals surface area contributed by atoms with E-state index in [0.29, 0.717) is 16.8 Å². The van der Waals surface area contributed by atoms with Crippen LogP contribution in [0.4, 0.5) is 11.4 Å². The summed E-state index contributed by atoms with van der Waals surface area (Å²) < 4.78 is 1.99. The van der Waals surface area contributed by atoms with Gasteiger partial charge in [-0.25, -0.2) is 0 Å². The van der Waals surface area contributed by atoms with Crippen LogP contribution < -0.4 is 0 Å². The van der Waals surface area contributed by atoms with E-state index >= 15 is 0 Å². The van der Waals surface area contributed by atoms with Gasteiger partial charge in [-0.05, 0) is 49.7 Å². The van der Waals surface area contributed by atoms with Gasteiger partial charge in [0.1, 0.15) is 0 Å². The fourth-order valence-corrected chi connectivity index (χ4v) is 4.05. The van der Waals surface area contributed by atoms with Crippen molar-refractivity contribution >= 4 is 45.6 Å². The van der Waals surface area contributed by atoms with Crippen molar-refractivity contribution in [2.45, 2.75) is 19.9 Å². The summed E-state index contributed by atoms with van der Waals surface area (Å²) in [5.41, 5.74) is 4.37. The molecule has 2 aromatic carbocycles. The van der Waals surface area contributed by atoms with Gasteiger partial charge in [-0.1, -0.05) is 23.2 Å². The number of azo groups is 1. The van der Waals surface area contributed by atoms with Gasteiger partial charge in [0.2, 0.25) is 5.88 Å². The molecule has 0 aliphatic carbocycles. The van der Waals surface area contributed by atoms with Gasteiger partial charge in [-0.2, -0.15) is 16.9 Å². The van der Waals surface area contributed by atoms with Gasteiger partial charge in [0, 0.05) is 21.9 Å². The Kier molecular flexibility index (Phi) is 4.21. The first kappa shape index (κ1) is 16.5. The molecule has 6 heteroatoms. The molecule has 2 heterocycles. The van der Waals surface area contributed by atoms with E-state index in [1.807, 2.05) is 42.3 Å². The third-order valence-corrected chi connectivity index (χ3v) is 5.98. The van der Waals surface area contributed by atoms with Crippen molar-refractivity contribution in [1.82, 2.24) is 4.57 Å². The number of rotatable bonds is 3. The highest BCUT2D eigenvalue weighted by Gasteiger charge is 2.27. The molecule has 0 bridgehead atoms. The average molecular weight is 372 g/mol. The molecule has 0 amide bonds. The van der Waals surface area contributed by atoms with Crippen LogP contribution in [0.15, 0.2) is 46.6 Å². The van der Waals surface area contributed by atoms with Crippen molar-refractivity contribution in [2.75, 3.05) is 11.5 Å². The zero-order chi connectivity index (χ0) is 17.6. The Morgan fingerprint density at radius 3 is 2.60 bits per heavy atom. The van der Waals surface area contributed by atoms with Crippen LogP contribution in [-0.2, 0) is 0 Å². The van der Waals surface area contributed by atoms with Crippen LogP contribution in [0.1, 0.15) is 17.2 Å². The molecule has 0 spiro atoms. The lowest BCUT2D eigenvalue weighted by Gasteiger charge is -2.27. The fourth-order valence-electron chi connectivity index (χ4n) is 3.07. The Morgan fingerprint density at radius 2 is 1.92 bits per heavy atom. The van der Waals surface area contributed by atoms with E-state index in [-0.39, 0.29) is 5.88 Å².